The highest BCUT2D eigenvalue weighted by Gasteiger charge is 2.28. The topological polar surface area (TPSA) is 38.3 Å². The lowest BCUT2D eigenvalue weighted by molar-refractivity contribution is 0.143. The largest absolute Gasteiger partial charge is 0.449 e. The van der Waals surface area contributed by atoms with Crippen LogP contribution >= 0.6 is 0 Å². The molecule has 0 saturated heterocycles. The minimum atomic E-state index is -0.397. The summed E-state index contributed by atoms with van der Waals surface area (Å²) in [5.74, 6) is 6.30. The van der Waals surface area contributed by atoms with Gasteiger partial charge in [0.15, 0.2) is 0 Å². The molecule has 3 heteroatoms. The predicted octanol–water partition coefficient (Wildman–Crippen LogP) is 5.53. The predicted molar refractivity (Wildman–Crippen MR) is 120 cm³/mol. The summed E-state index contributed by atoms with van der Waals surface area (Å²) in [4.78, 5) is 12.1. The van der Waals surface area contributed by atoms with E-state index >= 15 is 0 Å². The van der Waals surface area contributed by atoms with Crippen LogP contribution in [0.1, 0.15) is 41.5 Å². The highest BCUT2D eigenvalue weighted by Crippen LogP contribution is 2.44. The maximum absolute atomic E-state index is 12.1. The van der Waals surface area contributed by atoms with E-state index in [0.29, 0.717) is 19.6 Å². The summed E-state index contributed by atoms with van der Waals surface area (Å²) in [5, 5.41) is 2.80. The summed E-state index contributed by atoms with van der Waals surface area (Å²) in [6.45, 7) is 2.93. The van der Waals surface area contributed by atoms with E-state index in [1.165, 1.54) is 27.8 Å². The minimum absolute atomic E-state index is 0.0778. The molecule has 30 heavy (non-hydrogen) atoms. The van der Waals surface area contributed by atoms with E-state index in [0.717, 1.165) is 12.0 Å². The molecule has 1 N–H and O–H groups in total. The highest BCUT2D eigenvalue weighted by molar-refractivity contribution is 5.79. The quantitative estimate of drug-likeness (QED) is 0.456. The number of alkyl carbamates (subject to hydrolysis) is 1. The van der Waals surface area contributed by atoms with Gasteiger partial charge in [-0.2, -0.15) is 0 Å². The number of fused-ring (bicyclic) bond motifs is 3. The number of carbonyl (C=O) groups excluding carboxylic acids is 1. The van der Waals surface area contributed by atoms with Crippen molar-refractivity contribution < 1.29 is 9.53 Å². The summed E-state index contributed by atoms with van der Waals surface area (Å²) < 4.78 is 5.53. The molecular formula is C27H25NO2. The van der Waals surface area contributed by atoms with E-state index in [9.17, 15) is 4.79 Å². The normalized spacial score (nSPS) is 11.8. The van der Waals surface area contributed by atoms with Crippen LogP contribution in [-0.4, -0.2) is 19.2 Å². The van der Waals surface area contributed by atoms with Gasteiger partial charge in [0.2, 0.25) is 0 Å². The number of hydrogen-bond donors (Lipinski definition) is 1. The van der Waals surface area contributed by atoms with Crippen molar-refractivity contribution >= 4 is 6.09 Å². The fraction of sp³-hybridized carbons (Fsp3) is 0.222. The molecule has 0 radical (unpaired) electrons. The van der Waals surface area contributed by atoms with Crippen molar-refractivity contribution in [1.29, 1.82) is 0 Å². The maximum Gasteiger partial charge on any atom is 0.407 e. The van der Waals surface area contributed by atoms with Gasteiger partial charge < -0.3 is 10.1 Å². The zero-order chi connectivity index (χ0) is 20.8. The minimum Gasteiger partial charge on any atom is -0.449 e. The fourth-order valence-corrected chi connectivity index (χ4v) is 3.86. The van der Waals surface area contributed by atoms with Gasteiger partial charge in [-0.1, -0.05) is 79.4 Å². The van der Waals surface area contributed by atoms with Gasteiger partial charge in [0.1, 0.15) is 6.61 Å². The van der Waals surface area contributed by atoms with E-state index < -0.39 is 6.09 Å². The summed E-state index contributed by atoms with van der Waals surface area (Å²) in [5.41, 5.74) is 7.18. The number of hydrogen-bond acceptors (Lipinski definition) is 2. The Labute approximate surface area is 178 Å². The van der Waals surface area contributed by atoms with Crippen molar-refractivity contribution in [1.82, 2.24) is 5.32 Å². The van der Waals surface area contributed by atoms with Crippen molar-refractivity contribution in [2.75, 3.05) is 13.2 Å². The zero-order valence-electron chi connectivity index (χ0n) is 17.2. The first kappa shape index (κ1) is 19.8. The molecule has 3 nitrogen and oxygen atoms in total. The molecule has 0 spiro atoms. The third kappa shape index (κ3) is 4.39. The van der Waals surface area contributed by atoms with Crippen LogP contribution < -0.4 is 5.32 Å². The molecule has 3 aromatic carbocycles. The number of amides is 1. The Balaban J connectivity index is 1.27. The number of rotatable bonds is 5. The second-order valence-electron chi connectivity index (χ2n) is 7.35. The third-order valence-corrected chi connectivity index (χ3v) is 5.46. The lowest BCUT2D eigenvalue weighted by Crippen LogP contribution is -2.26. The first-order valence-electron chi connectivity index (χ1n) is 10.4. The lowest BCUT2D eigenvalue weighted by atomic mass is 9.98. The van der Waals surface area contributed by atoms with E-state index in [4.69, 9.17) is 4.74 Å². The fourth-order valence-electron chi connectivity index (χ4n) is 3.86. The van der Waals surface area contributed by atoms with Gasteiger partial charge in [0.25, 0.3) is 0 Å². The van der Waals surface area contributed by atoms with E-state index in [1.54, 1.807) is 0 Å². The Morgan fingerprint density at radius 1 is 0.933 bits per heavy atom. The lowest BCUT2D eigenvalue weighted by Gasteiger charge is -2.14. The van der Waals surface area contributed by atoms with Crippen LogP contribution in [0, 0.1) is 11.8 Å². The van der Waals surface area contributed by atoms with Gasteiger partial charge in [-0.15, -0.1) is 0 Å². The van der Waals surface area contributed by atoms with Gasteiger partial charge in [-0.05, 0) is 46.4 Å². The van der Waals surface area contributed by atoms with Crippen molar-refractivity contribution in [2.45, 2.75) is 25.7 Å². The van der Waals surface area contributed by atoms with Crippen LogP contribution in [0.4, 0.5) is 4.79 Å². The van der Waals surface area contributed by atoms with E-state index in [2.05, 4.69) is 60.5 Å². The van der Waals surface area contributed by atoms with Gasteiger partial charge >= 0.3 is 6.09 Å². The van der Waals surface area contributed by atoms with Crippen LogP contribution in [0.2, 0.25) is 0 Å². The average molecular weight is 396 g/mol. The van der Waals surface area contributed by atoms with E-state index in [1.807, 2.05) is 36.4 Å². The maximum atomic E-state index is 12.1. The summed E-state index contributed by atoms with van der Waals surface area (Å²) in [6, 6.07) is 24.9. The standard InChI is InChI=1S/C27H25NO2/c1-2-20-14-16-21(17-15-20)9-7-8-18-28-27(29)30-19-26-24-12-5-3-10-22(24)23-11-4-6-13-25(23)26/h3-6,10-17,26H,2,8,18-19H2,1H3,(H,28,29). The molecular weight excluding hydrogens is 370 g/mol. The summed E-state index contributed by atoms with van der Waals surface area (Å²) in [7, 11) is 0. The average Bonchev–Trinajstić information content (AvgIpc) is 3.12. The molecule has 0 heterocycles. The molecule has 0 bridgehead atoms. The Bertz CT molecular complexity index is 1040. The van der Waals surface area contributed by atoms with Crippen molar-refractivity contribution in [3.05, 3.63) is 95.1 Å². The second-order valence-corrected chi connectivity index (χ2v) is 7.35. The molecule has 1 aliphatic carbocycles. The Morgan fingerprint density at radius 3 is 2.20 bits per heavy atom. The number of aryl methyl sites for hydroxylation is 1. The number of benzene rings is 3. The first-order valence-corrected chi connectivity index (χ1v) is 10.4. The van der Waals surface area contributed by atoms with Gasteiger partial charge in [-0.25, -0.2) is 4.79 Å². The van der Waals surface area contributed by atoms with Crippen LogP contribution in [-0.2, 0) is 11.2 Å². The Hall–Kier alpha value is -3.51. The molecule has 0 aromatic heterocycles. The van der Waals surface area contributed by atoms with Crippen molar-refractivity contribution in [3.8, 4) is 23.0 Å². The monoisotopic (exact) mass is 395 g/mol. The van der Waals surface area contributed by atoms with Crippen molar-refractivity contribution in [3.63, 3.8) is 0 Å². The molecule has 0 fully saturated rings. The zero-order valence-corrected chi connectivity index (χ0v) is 17.2. The van der Waals surface area contributed by atoms with Crippen LogP contribution in [0.15, 0.2) is 72.8 Å². The summed E-state index contributed by atoms with van der Waals surface area (Å²) in [6.07, 6.45) is 1.21. The van der Waals surface area contributed by atoms with Gasteiger partial charge in [0.05, 0.1) is 0 Å². The molecule has 4 rings (SSSR count). The molecule has 0 saturated carbocycles. The van der Waals surface area contributed by atoms with Crippen LogP contribution in [0.25, 0.3) is 11.1 Å². The van der Waals surface area contributed by atoms with E-state index in [-0.39, 0.29) is 5.92 Å². The Morgan fingerprint density at radius 2 is 1.57 bits per heavy atom. The molecule has 1 amide bonds. The SMILES string of the molecule is CCc1ccc(C#CCCNC(=O)OCC2c3ccccc3-c3ccccc32)cc1. The molecule has 150 valence electrons. The van der Waals surface area contributed by atoms with Crippen LogP contribution in [0.5, 0.6) is 0 Å². The molecule has 1 aliphatic rings. The molecule has 0 unspecified atom stereocenters. The molecule has 3 aromatic rings. The number of nitrogens with one attached hydrogen (secondary N) is 1. The van der Waals surface area contributed by atoms with Crippen molar-refractivity contribution in [2.24, 2.45) is 0 Å². The second kappa shape index (κ2) is 9.33. The summed E-state index contributed by atoms with van der Waals surface area (Å²) >= 11 is 0. The molecule has 0 atom stereocenters. The van der Waals surface area contributed by atoms with Gasteiger partial charge in [-0.3, -0.25) is 0 Å². The first-order chi connectivity index (χ1) is 14.8. The molecule has 0 aliphatic heterocycles. The smallest absolute Gasteiger partial charge is 0.407 e. The number of carbonyl (C=O) groups is 1. The van der Waals surface area contributed by atoms with Crippen LogP contribution in [0.3, 0.4) is 0 Å². The Kier molecular flexibility index (Phi) is 6.15. The third-order valence-electron chi connectivity index (χ3n) is 5.46. The number of ether oxygens (including phenoxy) is 1. The highest BCUT2D eigenvalue weighted by atomic mass is 16.5. The van der Waals surface area contributed by atoms with Gasteiger partial charge in [0, 0.05) is 24.4 Å².